The van der Waals surface area contributed by atoms with Crippen LogP contribution in [-0.2, 0) is 0 Å². The van der Waals surface area contributed by atoms with Gasteiger partial charge in [-0.2, -0.15) is 0 Å². The molecule has 0 fully saturated rings. The standard InChI is InChI=1S/C8H7N2P/c1-2-7(10-3-1)8-6-9-4-5-11-8/h1-6,10H. The first-order chi connectivity index (χ1) is 5.47. The van der Waals surface area contributed by atoms with Crippen molar-refractivity contribution in [2.75, 3.05) is 0 Å². The maximum Gasteiger partial charge on any atom is 0.0516 e. The lowest BCUT2D eigenvalue weighted by molar-refractivity contribution is 1.34. The fourth-order valence-corrected chi connectivity index (χ4v) is 1.64. The fourth-order valence-electron chi connectivity index (χ4n) is 0.928. The Morgan fingerprint density at radius 2 is 2.45 bits per heavy atom. The van der Waals surface area contributed by atoms with Crippen molar-refractivity contribution < 1.29 is 0 Å². The largest absolute Gasteiger partial charge is 0.361 e. The third-order valence-corrected chi connectivity index (χ3v) is 2.35. The average molecular weight is 162 g/mol. The first-order valence-electron chi connectivity index (χ1n) is 3.36. The maximum atomic E-state index is 4.04. The molecule has 0 saturated carbocycles. The van der Waals surface area contributed by atoms with Crippen LogP contribution in [0.5, 0.6) is 0 Å². The molecule has 1 N–H and O–H groups in total. The van der Waals surface area contributed by atoms with Gasteiger partial charge in [-0.25, -0.2) is 0 Å². The van der Waals surface area contributed by atoms with Crippen LogP contribution < -0.4 is 0 Å². The lowest BCUT2D eigenvalue weighted by atomic mass is 10.4. The highest BCUT2D eigenvalue weighted by atomic mass is 31.0. The van der Waals surface area contributed by atoms with Gasteiger partial charge >= 0.3 is 0 Å². The number of H-pyrrole nitrogens is 1. The summed E-state index contributed by atoms with van der Waals surface area (Å²) in [5, 5.41) is 1.22. The number of nitrogens with one attached hydrogen (secondary N) is 1. The minimum atomic E-state index is 1.15. The first kappa shape index (κ1) is 6.56. The number of nitrogens with zero attached hydrogens (tertiary/aromatic N) is 1. The van der Waals surface area contributed by atoms with Gasteiger partial charge in [0.15, 0.2) is 0 Å². The second kappa shape index (κ2) is 2.85. The SMILES string of the molecule is c1c[nH]c(-c2cnccp2)c1. The molecule has 0 aliphatic rings. The Hall–Kier alpha value is -1.14. The zero-order chi connectivity index (χ0) is 7.52. The van der Waals surface area contributed by atoms with Crippen molar-refractivity contribution in [2.45, 2.75) is 0 Å². The van der Waals surface area contributed by atoms with E-state index in [9.17, 15) is 0 Å². The van der Waals surface area contributed by atoms with Crippen molar-refractivity contribution in [3.05, 3.63) is 36.5 Å². The molecule has 0 spiro atoms. The van der Waals surface area contributed by atoms with Gasteiger partial charge in [-0.3, -0.25) is 4.98 Å². The van der Waals surface area contributed by atoms with Crippen molar-refractivity contribution in [3.63, 3.8) is 0 Å². The minimum Gasteiger partial charge on any atom is -0.361 e. The number of aromatic nitrogens is 2. The first-order valence-corrected chi connectivity index (χ1v) is 4.33. The molecule has 54 valence electrons. The topological polar surface area (TPSA) is 28.7 Å². The highest BCUT2D eigenvalue weighted by molar-refractivity contribution is 7.32. The van der Waals surface area contributed by atoms with Crippen LogP contribution in [0.2, 0.25) is 0 Å². The van der Waals surface area contributed by atoms with Gasteiger partial charge in [0.05, 0.1) is 5.69 Å². The highest BCUT2D eigenvalue weighted by Crippen LogP contribution is 2.23. The van der Waals surface area contributed by atoms with E-state index in [0.717, 1.165) is 5.69 Å². The maximum absolute atomic E-state index is 4.04. The summed E-state index contributed by atoms with van der Waals surface area (Å²) in [4.78, 5) is 7.18. The molecule has 2 heterocycles. The normalized spacial score (nSPS) is 10.5. The Bertz CT molecular complexity index is 315. The molecule has 2 rings (SSSR count). The zero-order valence-corrected chi connectivity index (χ0v) is 6.75. The van der Waals surface area contributed by atoms with E-state index in [1.807, 2.05) is 36.5 Å². The molecule has 3 heteroatoms. The molecule has 0 aliphatic heterocycles. The predicted molar refractivity (Wildman–Crippen MR) is 46.5 cm³/mol. The van der Waals surface area contributed by atoms with Gasteiger partial charge < -0.3 is 4.98 Å². The second-order valence-corrected chi connectivity index (χ2v) is 3.21. The molecule has 0 aromatic carbocycles. The summed E-state index contributed by atoms with van der Waals surface area (Å²) < 4.78 is 0. The quantitative estimate of drug-likeness (QED) is 0.686. The molecule has 2 nitrogen and oxygen atoms in total. The summed E-state index contributed by atoms with van der Waals surface area (Å²) in [7, 11) is 1.21. The third-order valence-electron chi connectivity index (χ3n) is 1.44. The van der Waals surface area contributed by atoms with Crippen molar-refractivity contribution in [1.82, 2.24) is 9.97 Å². The minimum absolute atomic E-state index is 1.15. The van der Waals surface area contributed by atoms with Crippen LogP contribution in [0, 0.1) is 0 Å². The van der Waals surface area contributed by atoms with Crippen LogP contribution in [-0.4, -0.2) is 9.97 Å². The van der Waals surface area contributed by atoms with Crippen LogP contribution in [0.4, 0.5) is 0 Å². The summed E-state index contributed by atoms with van der Waals surface area (Å²) in [6.45, 7) is 0. The summed E-state index contributed by atoms with van der Waals surface area (Å²) in [5.74, 6) is 2.02. The number of aromatic amines is 1. The Kier molecular flexibility index (Phi) is 1.70. The number of rotatable bonds is 1. The molecular formula is C8H7N2P. The van der Waals surface area contributed by atoms with E-state index >= 15 is 0 Å². The van der Waals surface area contributed by atoms with E-state index in [2.05, 4.69) is 9.97 Å². The van der Waals surface area contributed by atoms with Gasteiger partial charge in [-0.05, 0) is 17.9 Å². The van der Waals surface area contributed by atoms with E-state index in [1.165, 1.54) is 13.5 Å². The molecule has 0 atom stereocenters. The molecule has 0 saturated heterocycles. The number of hydrogen-bond acceptors (Lipinski definition) is 1. The molecule has 0 aliphatic carbocycles. The highest BCUT2D eigenvalue weighted by Gasteiger charge is 1.94. The van der Waals surface area contributed by atoms with Crippen LogP contribution in [0.25, 0.3) is 11.0 Å². The lowest BCUT2D eigenvalue weighted by Crippen LogP contribution is -1.72. The van der Waals surface area contributed by atoms with Gasteiger partial charge in [0.2, 0.25) is 0 Å². The van der Waals surface area contributed by atoms with E-state index in [4.69, 9.17) is 0 Å². The molecule has 11 heavy (non-hydrogen) atoms. The average Bonchev–Trinajstić information content (AvgIpc) is 2.58. The monoisotopic (exact) mass is 162 g/mol. The van der Waals surface area contributed by atoms with Crippen molar-refractivity contribution in [1.29, 1.82) is 0 Å². The van der Waals surface area contributed by atoms with Gasteiger partial charge in [0.25, 0.3) is 0 Å². The lowest BCUT2D eigenvalue weighted by Gasteiger charge is -1.92. The van der Waals surface area contributed by atoms with E-state index in [0.29, 0.717) is 0 Å². The molecule has 2 aromatic heterocycles. The van der Waals surface area contributed by atoms with Crippen LogP contribution in [0.1, 0.15) is 0 Å². The van der Waals surface area contributed by atoms with Crippen molar-refractivity contribution >= 4 is 8.19 Å². The molecule has 0 amide bonds. The third kappa shape index (κ3) is 1.31. The van der Waals surface area contributed by atoms with E-state index in [1.54, 1.807) is 0 Å². The van der Waals surface area contributed by atoms with E-state index in [-0.39, 0.29) is 0 Å². The van der Waals surface area contributed by atoms with Crippen LogP contribution in [0.15, 0.2) is 36.5 Å². The Balaban J connectivity index is 2.46. The molecule has 2 aromatic rings. The molecule has 0 unspecified atom stereocenters. The molecule has 0 radical (unpaired) electrons. The predicted octanol–water partition coefficient (Wildman–Crippen LogP) is 2.66. The smallest absolute Gasteiger partial charge is 0.0516 e. The van der Waals surface area contributed by atoms with Gasteiger partial charge in [0.1, 0.15) is 0 Å². The van der Waals surface area contributed by atoms with Gasteiger partial charge in [-0.1, -0.05) is 8.19 Å². The van der Waals surface area contributed by atoms with Crippen molar-refractivity contribution in [3.8, 4) is 11.0 Å². The summed E-state index contributed by atoms with van der Waals surface area (Å²) in [6, 6.07) is 4.04. The molecular weight excluding hydrogens is 155 g/mol. The zero-order valence-electron chi connectivity index (χ0n) is 5.86. The number of hydrogen-bond donors (Lipinski definition) is 1. The van der Waals surface area contributed by atoms with Gasteiger partial charge in [-0.15, -0.1) is 0 Å². The Morgan fingerprint density at radius 3 is 3.09 bits per heavy atom. The summed E-state index contributed by atoms with van der Waals surface area (Å²) in [5.41, 5.74) is 1.15. The second-order valence-electron chi connectivity index (χ2n) is 2.17. The molecule has 0 bridgehead atoms. The van der Waals surface area contributed by atoms with Crippen LogP contribution in [0.3, 0.4) is 0 Å². The fraction of sp³-hybridized carbons (Fsp3) is 0. The Morgan fingerprint density at radius 1 is 1.45 bits per heavy atom. The van der Waals surface area contributed by atoms with E-state index < -0.39 is 0 Å². The summed E-state index contributed by atoms with van der Waals surface area (Å²) >= 11 is 0. The van der Waals surface area contributed by atoms with Crippen LogP contribution >= 0.6 is 8.19 Å². The van der Waals surface area contributed by atoms with Gasteiger partial charge in [0, 0.05) is 23.9 Å². The summed E-state index contributed by atoms with van der Waals surface area (Å²) in [6.07, 6.45) is 5.62. The Labute approximate surface area is 66.4 Å². The van der Waals surface area contributed by atoms with Crippen molar-refractivity contribution in [2.24, 2.45) is 0 Å².